The third-order valence-electron chi connectivity index (χ3n) is 4.48. The third-order valence-corrected chi connectivity index (χ3v) is 4.48. The first-order valence-electron chi connectivity index (χ1n) is 7.01. The molecule has 1 aromatic carbocycles. The SMILES string of the molecule is OC12CCCC[C@@H]1COCC2Nc1ccc(F)cc1. The number of halogens is 1. The predicted octanol–water partition coefficient (Wildman–Crippen LogP) is 2.56. The Balaban J connectivity index is 1.77. The Kier molecular flexibility index (Phi) is 3.46. The molecule has 1 saturated carbocycles. The number of ether oxygens (including phenoxy) is 1. The molecule has 4 heteroatoms. The number of benzene rings is 1. The topological polar surface area (TPSA) is 41.5 Å². The van der Waals surface area contributed by atoms with Crippen LogP contribution in [0.3, 0.4) is 0 Å². The Bertz CT molecular complexity index is 434. The maximum Gasteiger partial charge on any atom is 0.123 e. The van der Waals surface area contributed by atoms with Gasteiger partial charge in [0.05, 0.1) is 24.9 Å². The summed E-state index contributed by atoms with van der Waals surface area (Å²) in [7, 11) is 0. The predicted molar refractivity (Wildman–Crippen MR) is 71.5 cm³/mol. The summed E-state index contributed by atoms with van der Waals surface area (Å²) < 4.78 is 18.5. The summed E-state index contributed by atoms with van der Waals surface area (Å²) in [4.78, 5) is 0. The molecule has 3 atom stereocenters. The lowest BCUT2D eigenvalue weighted by Crippen LogP contribution is -2.60. The molecular weight excluding hydrogens is 245 g/mol. The van der Waals surface area contributed by atoms with Crippen LogP contribution in [0, 0.1) is 11.7 Å². The van der Waals surface area contributed by atoms with Gasteiger partial charge in [0.1, 0.15) is 5.82 Å². The maximum atomic E-state index is 12.9. The number of aliphatic hydroxyl groups is 1. The monoisotopic (exact) mass is 265 g/mol. The van der Waals surface area contributed by atoms with Crippen molar-refractivity contribution in [2.75, 3.05) is 18.5 Å². The van der Waals surface area contributed by atoms with Gasteiger partial charge in [-0.1, -0.05) is 12.8 Å². The van der Waals surface area contributed by atoms with Gasteiger partial charge in [-0.2, -0.15) is 0 Å². The molecule has 2 aliphatic rings. The fourth-order valence-electron chi connectivity index (χ4n) is 3.33. The van der Waals surface area contributed by atoms with Crippen molar-refractivity contribution in [3.8, 4) is 0 Å². The lowest BCUT2D eigenvalue weighted by molar-refractivity contribution is -0.139. The van der Waals surface area contributed by atoms with Gasteiger partial charge in [-0.25, -0.2) is 4.39 Å². The molecule has 2 unspecified atom stereocenters. The van der Waals surface area contributed by atoms with Gasteiger partial charge in [-0.3, -0.25) is 0 Å². The fourth-order valence-corrected chi connectivity index (χ4v) is 3.33. The zero-order chi connectivity index (χ0) is 13.3. The largest absolute Gasteiger partial charge is 0.387 e. The normalized spacial score (nSPS) is 34.6. The average molecular weight is 265 g/mol. The molecule has 104 valence electrons. The molecule has 2 N–H and O–H groups in total. The van der Waals surface area contributed by atoms with Gasteiger partial charge in [-0.05, 0) is 37.1 Å². The fraction of sp³-hybridized carbons (Fsp3) is 0.600. The summed E-state index contributed by atoms with van der Waals surface area (Å²) in [5.41, 5.74) is 0.139. The second kappa shape index (κ2) is 5.10. The van der Waals surface area contributed by atoms with Gasteiger partial charge < -0.3 is 15.2 Å². The highest BCUT2D eigenvalue weighted by atomic mass is 19.1. The first-order valence-corrected chi connectivity index (χ1v) is 7.01. The average Bonchev–Trinajstić information content (AvgIpc) is 2.42. The minimum absolute atomic E-state index is 0.114. The molecule has 1 aromatic rings. The summed E-state index contributed by atoms with van der Waals surface area (Å²) in [6.45, 7) is 1.16. The van der Waals surface area contributed by atoms with Crippen LogP contribution in [0.1, 0.15) is 25.7 Å². The van der Waals surface area contributed by atoms with Crippen LogP contribution in [0.25, 0.3) is 0 Å². The molecule has 3 rings (SSSR count). The molecule has 0 spiro atoms. The molecule has 1 aliphatic heterocycles. The van der Waals surface area contributed by atoms with Crippen molar-refractivity contribution in [1.82, 2.24) is 0 Å². The van der Waals surface area contributed by atoms with Crippen LogP contribution < -0.4 is 5.32 Å². The standard InChI is InChI=1S/C15H20FNO2/c16-12-4-6-13(7-5-12)17-14-10-19-9-11-3-1-2-8-15(11,14)18/h4-7,11,14,17-18H,1-3,8-10H2/t11-,14?,15?/m1/s1. The van der Waals surface area contributed by atoms with Crippen LogP contribution in [0.15, 0.2) is 24.3 Å². The van der Waals surface area contributed by atoms with Crippen LogP contribution >= 0.6 is 0 Å². The molecule has 0 radical (unpaired) electrons. The highest BCUT2D eigenvalue weighted by molar-refractivity contribution is 5.44. The van der Waals surface area contributed by atoms with Gasteiger partial charge in [0.2, 0.25) is 0 Å². The van der Waals surface area contributed by atoms with Gasteiger partial charge in [-0.15, -0.1) is 0 Å². The van der Waals surface area contributed by atoms with Crippen LogP contribution in [0.5, 0.6) is 0 Å². The van der Waals surface area contributed by atoms with Crippen LogP contribution in [-0.2, 0) is 4.74 Å². The third kappa shape index (κ3) is 2.47. The van der Waals surface area contributed by atoms with Crippen LogP contribution in [-0.4, -0.2) is 30.0 Å². The second-order valence-electron chi connectivity index (χ2n) is 5.68. The summed E-state index contributed by atoms with van der Waals surface area (Å²) in [6.07, 6.45) is 4.08. The first-order chi connectivity index (χ1) is 9.18. The van der Waals surface area contributed by atoms with Gasteiger partial charge in [0.15, 0.2) is 0 Å². The van der Waals surface area contributed by atoms with Gasteiger partial charge >= 0.3 is 0 Å². The molecule has 0 amide bonds. The summed E-state index contributed by atoms with van der Waals surface area (Å²) in [6, 6.07) is 6.14. The highest BCUT2D eigenvalue weighted by Crippen LogP contribution is 2.40. The molecule has 0 bridgehead atoms. The Labute approximate surface area is 112 Å². The summed E-state index contributed by atoms with van der Waals surface area (Å²) in [5.74, 6) is -0.0346. The molecule has 2 fully saturated rings. The Morgan fingerprint density at radius 3 is 2.79 bits per heavy atom. The number of anilines is 1. The first kappa shape index (κ1) is 12.9. The molecule has 1 aliphatic carbocycles. The van der Waals surface area contributed by atoms with E-state index in [2.05, 4.69) is 5.32 Å². The lowest BCUT2D eigenvalue weighted by Gasteiger charge is -2.48. The van der Waals surface area contributed by atoms with E-state index < -0.39 is 5.60 Å². The number of fused-ring (bicyclic) bond motifs is 1. The number of hydrogen-bond donors (Lipinski definition) is 2. The van der Waals surface area contributed by atoms with E-state index in [9.17, 15) is 9.50 Å². The molecule has 1 saturated heterocycles. The molecule has 0 aromatic heterocycles. The number of nitrogens with one attached hydrogen (secondary N) is 1. The van der Waals surface area contributed by atoms with E-state index in [0.717, 1.165) is 24.9 Å². The van der Waals surface area contributed by atoms with E-state index in [-0.39, 0.29) is 17.8 Å². The van der Waals surface area contributed by atoms with Crippen LogP contribution in [0.2, 0.25) is 0 Å². The molecule has 19 heavy (non-hydrogen) atoms. The molecule has 1 heterocycles. The van der Waals surface area contributed by atoms with E-state index in [1.165, 1.54) is 18.6 Å². The van der Waals surface area contributed by atoms with Crippen molar-refractivity contribution in [2.24, 2.45) is 5.92 Å². The van der Waals surface area contributed by atoms with Crippen molar-refractivity contribution in [1.29, 1.82) is 0 Å². The Hall–Kier alpha value is -1.13. The smallest absolute Gasteiger partial charge is 0.123 e. The lowest BCUT2D eigenvalue weighted by atomic mass is 9.70. The van der Waals surface area contributed by atoms with E-state index in [1.807, 2.05) is 0 Å². The van der Waals surface area contributed by atoms with Crippen molar-refractivity contribution >= 4 is 5.69 Å². The maximum absolute atomic E-state index is 12.9. The van der Waals surface area contributed by atoms with Crippen molar-refractivity contribution in [3.05, 3.63) is 30.1 Å². The van der Waals surface area contributed by atoms with E-state index in [0.29, 0.717) is 13.2 Å². The number of rotatable bonds is 2. The van der Waals surface area contributed by atoms with E-state index in [1.54, 1.807) is 12.1 Å². The van der Waals surface area contributed by atoms with Crippen LogP contribution in [0.4, 0.5) is 10.1 Å². The summed E-state index contributed by atoms with van der Waals surface area (Å²) >= 11 is 0. The van der Waals surface area contributed by atoms with Crippen molar-refractivity contribution in [2.45, 2.75) is 37.3 Å². The quantitative estimate of drug-likeness (QED) is 0.863. The summed E-state index contributed by atoms with van der Waals surface area (Å²) in [5, 5.41) is 14.3. The zero-order valence-corrected chi connectivity index (χ0v) is 10.9. The minimum atomic E-state index is -0.690. The Morgan fingerprint density at radius 1 is 1.21 bits per heavy atom. The van der Waals surface area contributed by atoms with Gasteiger partial charge in [0, 0.05) is 11.6 Å². The number of hydrogen-bond acceptors (Lipinski definition) is 3. The zero-order valence-electron chi connectivity index (χ0n) is 10.9. The van der Waals surface area contributed by atoms with Crippen molar-refractivity contribution < 1.29 is 14.2 Å². The van der Waals surface area contributed by atoms with E-state index in [4.69, 9.17) is 4.74 Å². The highest BCUT2D eigenvalue weighted by Gasteiger charge is 2.48. The van der Waals surface area contributed by atoms with E-state index >= 15 is 0 Å². The Morgan fingerprint density at radius 2 is 2.00 bits per heavy atom. The second-order valence-corrected chi connectivity index (χ2v) is 5.68. The molecule has 3 nitrogen and oxygen atoms in total. The minimum Gasteiger partial charge on any atom is -0.387 e. The van der Waals surface area contributed by atoms with Crippen molar-refractivity contribution in [3.63, 3.8) is 0 Å². The molecular formula is C15H20FNO2. The van der Waals surface area contributed by atoms with Gasteiger partial charge in [0.25, 0.3) is 0 Å².